The Morgan fingerprint density at radius 1 is 1.22 bits per heavy atom. The van der Waals surface area contributed by atoms with Crippen LogP contribution in [0.15, 0.2) is 47.1 Å². The molecule has 1 fully saturated rings. The van der Waals surface area contributed by atoms with Gasteiger partial charge in [0.25, 0.3) is 5.91 Å². The van der Waals surface area contributed by atoms with Gasteiger partial charge in [0.1, 0.15) is 0 Å². The Hall–Kier alpha value is -3.17. The summed E-state index contributed by atoms with van der Waals surface area (Å²) in [6, 6.07) is 10.3. The van der Waals surface area contributed by atoms with Gasteiger partial charge in [0.05, 0.1) is 24.4 Å². The van der Waals surface area contributed by atoms with Crippen molar-refractivity contribution in [2.45, 2.75) is 19.4 Å². The average molecular weight is 471 g/mol. The Kier molecular flexibility index (Phi) is 5.44. The van der Waals surface area contributed by atoms with Crippen molar-refractivity contribution in [3.63, 3.8) is 0 Å². The first-order valence-electron chi connectivity index (χ1n) is 10.2. The van der Waals surface area contributed by atoms with Gasteiger partial charge in [0.2, 0.25) is 11.8 Å². The average Bonchev–Trinajstić information content (AvgIpc) is 3.53. The van der Waals surface area contributed by atoms with E-state index < -0.39 is 0 Å². The molecular weight excluding hydrogens is 452 g/mol. The van der Waals surface area contributed by atoms with Crippen LogP contribution in [0.2, 0.25) is 5.02 Å². The molecule has 3 aromatic rings. The Morgan fingerprint density at radius 3 is 2.78 bits per heavy atom. The van der Waals surface area contributed by atoms with E-state index in [-0.39, 0.29) is 35.8 Å². The van der Waals surface area contributed by atoms with Crippen molar-refractivity contribution in [2.75, 3.05) is 23.3 Å². The molecule has 1 atom stereocenters. The third-order valence-corrected chi connectivity index (χ3v) is 6.87. The van der Waals surface area contributed by atoms with Crippen molar-refractivity contribution < 1.29 is 18.8 Å². The number of nitrogens with zero attached hydrogens (tertiary/aromatic N) is 3. The van der Waals surface area contributed by atoms with E-state index in [4.69, 9.17) is 16.0 Å². The van der Waals surface area contributed by atoms with E-state index in [0.29, 0.717) is 36.2 Å². The monoisotopic (exact) mass is 470 g/mol. The summed E-state index contributed by atoms with van der Waals surface area (Å²) >= 11 is 7.29. The van der Waals surface area contributed by atoms with Crippen LogP contribution < -0.4 is 10.2 Å². The van der Waals surface area contributed by atoms with Crippen LogP contribution in [-0.2, 0) is 22.6 Å². The number of carbonyl (C=O) groups excluding carboxylic acids is 3. The molecule has 4 heterocycles. The highest BCUT2D eigenvalue weighted by Gasteiger charge is 2.38. The summed E-state index contributed by atoms with van der Waals surface area (Å²) < 4.78 is 5.10. The normalized spacial score (nSPS) is 18.0. The molecule has 0 saturated carbocycles. The number of fused-ring (bicyclic) bond motifs is 1. The molecule has 3 amide bonds. The van der Waals surface area contributed by atoms with E-state index in [1.54, 1.807) is 46.2 Å². The van der Waals surface area contributed by atoms with Crippen LogP contribution in [0, 0.1) is 5.92 Å². The molecule has 10 heteroatoms. The molecule has 8 nitrogen and oxygen atoms in total. The summed E-state index contributed by atoms with van der Waals surface area (Å²) in [5.41, 5.74) is 1.63. The van der Waals surface area contributed by atoms with Gasteiger partial charge in [-0.25, -0.2) is 4.98 Å². The first-order chi connectivity index (χ1) is 15.5. The lowest BCUT2D eigenvalue weighted by molar-refractivity contribution is -0.136. The van der Waals surface area contributed by atoms with E-state index in [1.807, 2.05) is 0 Å². The molecule has 2 aliphatic rings. The SMILES string of the molecule is O=C(Nc1nc2c(s1)CN(C(=O)C1CC(=O)N(c3ccc(Cl)cc3)C1)CC2)c1ccco1. The molecular formula is C22H19ClN4O4S. The van der Waals surface area contributed by atoms with Gasteiger partial charge in [-0.05, 0) is 36.4 Å². The highest BCUT2D eigenvalue weighted by atomic mass is 35.5. The Labute approximate surface area is 192 Å². The number of anilines is 2. The zero-order valence-electron chi connectivity index (χ0n) is 16.9. The Bertz CT molecular complexity index is 1180. The second kappa shape index (κ2) is 8.40. The Morgan fingerprint density at radius 2 is 2.03 bits per heavy atom. The summed E-state index contributed by atoms with van der Waals surface area (Å²) in [5, 5.41) is 3.83. The lowest BCUT2D eigenvalue weighted by atomic mass is 10.1. The van der Waals surface area contributed by atoms with E-state index in [2.05, 4.69) is 10.3 Å². The van der Waals surface area contributed by atoms with Crippen LogP contribution >= 0.6 is 22.9 Å². The molecule has 0 radical (unpaired) electrons. The number of furan rings is 1. The molecule has 0 aliphatic carbocycles. The fourth-order valence-corrected chi connectivity index (χ4v) is 5.15. The molecule has 164 valence electrons. The molecule has 32 heavy (non-hydrogen) atoms. The minimum absolute atomic E-state index is 0.0324. The van der Waals surface area contributed by atoms with Gasteiger partial charge >= 0.3 is 0 Å². The summed E-state index contributed by atoms with van der Waals surface area (Å²) in [6.45, 7) is 1.32. The van der Waals surface area contributed by atoms with Crippen LogP contribution in [-0.4, -0.2) is 40.7 Å². The molecule has 1 saturated heterocycles. The summed E-state index contributed by atoms with van der Waals surface area (Å²) in [5.74, 6) is -0.628. The van der Waals surface area contributed by atoms with Crippen LogP contribution in [0.3, 0.4) is 0 Å². The van der Waals surface area contributed by atoms with Gasteiger partial charge in [-0.1, -0.05) is 22.9 Å². The van der Waals surface area contributed by atoms with E-state index in [0.717, 1.165) is 16.3 Å². The van der Waals surface area contributed by atoms with Crippen molar-refractivity contribution in [3.05, 3.63) is 64.0 Å². The second-order valence-corrected chi connectivity index (χ2v) is 9.23. The third kappa shape index (κ3) is 4.01. The fourth-order valence-electron chi connectivity index (χ4n) is 4.01. The number of hydrogen-bond donors (Lipinski definition) is 1. The van der Waals surface area contributed by atoms with Crippen molar-refractivity contribution in [3.8, 4) is 0 Å². The molecule has 0 bridgehead atoms. The van der Waals surface area contributed by atoms with Gasteiger partial charge in [-0.3, -0.25) is 19.7 Å². The van der Waals surface area contributed by atoms with Crippen LogP contribution in [0.1, 0.15) is 27.5 Å². The molecule has 1 N–H and O–H groups in total. The van der Waals surface area contributed by atoms with E-state index in [9.17, 15) is 14.4 Å². The Balaban J connectivity index is 1.24. The number of nitrogens with one attached hydrogen (secondary N) is 1. The van der Waals surface area contributed by atoms with Gasteiger partial charge in [-0.2, -0.15) is 0 Å². The highest BCUT2D eigenvalue weighted by molar-refractivity contribution is 7.15. The molecule has 5 rings (SSSR count). The topological polar surface area (TPSA) is 95.8 Å². The summed E-state index contributed by atoms with van der Waals surface area (Å²) in [7, 11) is 0. The number of halogens is 1. The molecule has 0 spiro atoms. The van der Waals surface area contributed by atoms with E-state index >= 15 is 0 Å². The van der Waals surface area contributed by atoms with Gasteiger partial charge in [0.15, 0.2) is 10.9 Å². The standard InChI is InChI=1S/C22H19ClN4O4S/c23-14-3-5-15(6-4-14)27-11-13(10-19(27)28)21(30)26-8-7-16-18(12-26)32-22(24-16)25-20(29)17-2-1-9-31-17/h1-6,9,13H,7-8,10-12H2,(H,24,25,29). The largest absolute Gasteiger partial charge is 0.459 e. The number of hydrogen-bond acceptors (Lipinski definition) is 6. The van der Waals surface area contributed by atoms with Crippen LogP contribution in [0.5, 0.6) is 0 Å². The molecule has 2 aliphatic heterocycles. The molecule has 1 aromatic carbocycles. The number of rotatable bonds is 4. The first kappa shape index (κ1) is 20.7. The predicted molar refractivity (Wildman–Crippen MR) is 120 cm³/mol. The van der Waals surface area contributed by atoms with Crippen molar-refractivity contribution >= 4 is 51.5 Å². The smallest absolute Gasteiger partial charge is 0.293 e. The number of thiazole rings is 1. The molecule has 2 aromatic heterocycles. The fraction of sp³-hybridized carbons (Fsp3) is 0.273. The maximum atomic E-state index is 13.2. The van der Waals surface area contributed by atoms with Gasteiger partial charge in [0, 0.05) is 41.5 Å². The first-order valence-corrected chi connectivity index (χ1v) is 11.4. The minimum Gasteiger partial charge on any atom is -0.459 e. The van der Waals surface area contributed by atoms with Crippen LogP contribution in [0.25, 0.3) is 0 Å². The summed E-state index contributed by atoms with van der Waals surface area (Å²) in [4.78, 5) is 46.7. The van der Waals surface area contributed by atoms with Crippen molar-refractivity contribution in [1.29, 1.82) is 0 Å². The summed E-state index contributed by atoms with van der Waals surface area (Å²) in [6.07, 6.45) is 2.24. The minimum atomic E-state index is -0.384. The molecule has 1 unspecified atom stereocenters. The van der Waals surface area contributed by atoms with Crippen molar-refractivity contribution in [2.24, 2.45) is 5.92 Å². The van der Waals surface area contributed by atoms with Crippen LogP contribution in [0.4, 0.5) is 10.8 Å². The predicted octanol–water partition coefficient (Wildman–Crippen LogP) is 3.58. The maximum Gasteiger partial charge on any atom is 0.293 e. The second-order valence-electron chi connectivity index (χ2n) is 7.71. The number of aromatic nitrogens is 1. The number of amides is 3. The third-order valence-electron chi connectivity index (χ3n) is 5.62. The highest BCUT2D eigenvalue weighted by Crippen LogP contribution is 2.32. The lowest BCUT2D eigenvalue weighted by Crippen LogP contribution is -2.40. The number of benzene rings is 1. The maximum absolute atomic E-state index is 13.2. The lowest BCUT2D eigenvalue weighted by Gasteiger charge is -2.28. The zero-order chi connectivity index (χ0) is 22.2. The zero-order valence-corrected chi connectivity index (χ0v) is 18.5. The quantitative estimate of drug-likeness (QED) is 0.628. The van der Waals surface area contributed by atoms with E-state index in [1.165, 1.54) is 17.6 Å². The van der Waals surface area contributed by atoms with Crippen molar-refractivity contribution in [1.82, 2.24) is 9.88 Å². The van der Waals surface area contributed by atoms with Gasteiger partial charge < -0.3 is 14.2 Å². The van der Waals surface area contributed by atoms with Gasteiger partial charge in [-0.15, -0.1) is 0 Å². The number of carbonyl (C=O) groups is 3.